The lowest BCUT2D eigenvalue weighted by molar-refractivity contribution is -0.140. The molecular formula is C12H17NO4S. The van der Waals surface area contributed by atoms with Crippen LogP contribution < -0.4 is 0 Å². The number of nitrogens with zero attached hydrogens (tertiary/aromatic N) is 1. The van der Waals surface area contributed by atoms with Gasteiger partial charge in [0.15, 0.2) is 0 Å². The molecule has 0 spiro atoms. The molecule has 1 rings (SSSR count). The minimum absolute atomic E-state index is 0.0859. The maximum atomic E-state index is 12.1. The topological polar surface area (TPSA) is 55.8 Å². The number of ether oxygens (including phenoxy) is 2. The first-order chi connectivity index (χ1) is 8.69. The molecule has 0 aromatic carbocycles. The van der Waals surface area contributed by atoms with Gasteiger partial charge in [0, 0.05) is 25.6 Å². The summed E-state index contributed by atoms with van der Waals surface area (Å²) in [5.74, 6) is -0.410. The van der Waals surface area contributed by atoms with Gasteiger partial charge in [0.05, 0.1) is 25.7 Å². The molecule has 1 heterocycles. The number of carbonyl (C=O) groups excluding carboxylic acids is 2. The van der Waals surface area contributed by atoms with Crippen LogP contribution >= 0.6 is 11.3 Å². The fourth-order valence-corrected chi connectivity index (χ4v) is 2.04. The number of rotatable bonds is 7. The molecule has 1 aromatic rings. The molecule has 1 amide bonds. The van der Waals surface area contributed by atoms with Gasteiger partial charge in [-0.15, -0.1) is 0 Å². The Hall–Kier alpha value is -1.40. The van der Waals surface area contributed by atoms with Gasteiger partial charge >= 0.3 is 5.97 Å². The van der Waals surface area contributed by atoms with E-state index < -0.39 is 0 Å². The summed E-state index contributed by atoms with van der Waals surface area (Å²) in [7, 11) is 2.91. The van der Waals surface area contributed by atoms with Crippen molar-refractivity contribution >= 4 is 23.2 Å². The Morgan fingerprint density at radius 3 is 2.67 bits per heavy atom. The summed E-state index contributed by atoms with van der Waals surface area (Å²) in [5.41, 5.74) is 0.640. The Labute approximate surface area is 110 Å². The van der Waals surface area contributed by atoms with Crippen molar-refractivity contribution in [1.29, 1.82) is 0 Å². The normalized spacial score (nSPS) is 10.1. The standard InChI is InChI=1S/C12H17NO4S/c1-16-7-6-13(5-3-11(14)17-2)12(15)10-4-8-18-9-10/h4,8-9H,3,5-7H2,1-2H3. The predicted octanol–water partition coefficient (Wildman–Crippen LogP) is 1.40. The highest BCUT2D eigenvalue weighted by Crippen LogP contribution is 2.10. The molecule has 1 aromatic heterocycles. The molecule has 18 heavy (non-hydrogen) atoms. The van der Waals surface area contributed by atoms with Crippen LogP contribution in [0.3, 0.4) is 0 Å². The average Bonchev–Trinajstić information content (AvgIpc) is 2.91. The van der Waals surface area contributed by atoms with E-state index in [2.05, 4.69) is 4.74 Å². The molecule has 100 valence electrons. The van der Waals surface area contributed by atoms with Crippen molar-refractivity contribution in [2.24, 2.45) is 0 Å². The van der Waals surface area contributed by atoms with Gasteiger partial charge in [-0.3, -0.25) is 9.59 Å². The lowest BCUT2D eigenvalue weighted by atomic mass is 10.2. The minimum atomic E-state index is -0.324. The Balaban J connectivity index is 2.59. The van der Waals surface area contributed by atoms with Gasteiger partial charge in [0.1, 0.15) is 0 Å². The third-order valence-electron chi connectivity index (χ3n) is 2.43. The summed E-state index contributed by atoms with van der Waals surface area (Å²) in [4.78, 5) is 24.8. The molecule has 6 heteroatoms. The summed E-state index contributed by atoms with van der Waals surface area (Å²) in [6.45, 7) is 1.24. The molecule has 5 nitrogen and oxygen atoms in total. The number of esters is 1. The van der Waals surface area contributed by atoms with E-state index in [0.29, 0.717) is 25.3 Å². The average molecular weight is 271 g/mol. The van der Waals surface area contributed by atoms with Gasteiger partial charge in [-0.05, 0) is 11.4 Å². The van der Waals surface area contributed by atoms with E-state index >= 15 is 0 Å². The molecule has 0 bridgehead atoms. The maximum absolute atomic E-state index is 12.1. The summed E-state index contributed by atoms with van der Waals surface area (Å²) in [5, 5.41) is 3.64. The number of amides is 1. The summed E-state index contributed by atoms with van der Waals surface area (Å²) in [6.07, 6.45) is 0.191. The molecule has 0 fully saturated rings. The van der Waals surface area contributed by atoms with E-state index in [-0.39, 0.29) is 18.3 Å². The van der Waals surface area contributed by atoms with Gasteiger partial charge in [-0.1, -0.05) is 0 Å². The maximum Gasteiger partial charge on any atom is 0.307 e. The molecule has 0 radical (unpaired) electrons. The zero-order valence-electron chi connectivity index (χ0n) is 10.5. The predicted molar refractivity (Wildman–Crippen MR) is 68.7 cm³/mol. The van der Waals surface area contributed by atoms with Crippen molar-refractivity contribution in [3.8, 4) is 0 Å². The quantitative estimate of drug-likeness (QED) is 0.703. The monoisotopic (exact) mass is 271 g/mol. The van der Waals surface area contributed by atoms with Crippen molar-refractivity contribution < 1.29 is 19.1 Å². The zero-order valence-corrected chi connectivity index (χ0v) is 11.4. The molecule has 0 unspecified atom stereocenters. The van der Waals surface area contributed by atoms with Crippen molar-refractivity contribution in [3.63, 3.8) is 0 Å². The highest BCUT2D eigenvalue weighted by Gasteiger charge is 2.17. The molecule has 0 atom stereocenters. The highest BCUT2D eigenvalue weighted by molar-refractivity contribution is 7.08. The van der Waals surface area contributed by atoms with E-state index in [1.165, 1.54) is 18.4 Å². The van der Waals surface area contributed by atoms with Crippen LogP contribution in [0.25, 0.3) is 0 Å². The Morgan fingerprint density at radius 1 is 1.33 bits per heavy atom. The SMILES string of the molecule is COCCN(CCC(=O)OC)C(=O)c1ccsc1. The van der Waals surface area contributed by atoms with E-state index in [9.17, 15) is 9.59 Å². The van der Waals surface area contributed by atoms with Crippen LogP contribution in [0.15, 0.2) is 16.8 Å². The molecule has 0 saturated carbocycles. The van der Waals surface area contributed by atoms with Crippen LogP contribution in [0.1, 0.15) is 16.8 Å². The minimum Gasteiger partial charge on any atom is -0.469 e. The fraction of sp³-hybridized carbons (Fsp3) is 0.500. The third-order valence-corrected chi connectivity index (χ3v) is 3.12. The first-order valence-corrected chi connectivity index (χ1v) is 6.50. The highest BCUT2D eigenvalue weighted by atomic mass is 32.1. The second-order valence-electron chi connectivity index (χ2n) is 3.62. The smallest absolute Gasteiger partial charge is 0.307 e. The molecule has 0 saturated heterocycles. The van der Waals surface area contributed by atoms with Gasteiger partial charge < -0.3 is 14.4 Å². The van der Waals surface area contributed by atoms with E-state index in [1.807, 2.05) is 5.38 Å². The number of hydrogen-bond acceptors (Lipinski definition) is 5. The number of methoxy groups -OCH3 is 2. The van der Waals surface area contributed by atoms with Crippen LogP contribution in [0.5, 0.6) is 0 Å². The van der Waals surface area contributed by atoms with E-state index in [1.54, 1.807) is 23.5 Å². The Morgan fingerprint density at radius 2 is 2.11 bits per heavy atom. The second-order valence-corrected chi connectivity index (χ2v) is 4.40. The molecule has 0 aliphatic carbocycles. The van der Waals surface area contributed by atoms with Gasteiger partial charge in [0.25, 0.3) is 5.91 Å². The number of thiophene rings is 1. The van der Waals surface area contributed by atoms with Crippen molar-refractivity contribution in [1.82, 2.24) is 4.90 Å². The van der Waals surface area contributed by atoms with E-state index in [0.717, 1.165) is 0 Å². The fourth-order valence-electron chi connectivity index (χ4n) is 1.41. The molecule has 0 N–H and O–H groups in total. The summed E-state index contributed by atoms with van der Waals surface area (Å²) < 4.78 is 9.53. The van der Waals surface area contributed by atoms with Crippen molar-refractivity contribution in [3.05, 3.63) is 22.4 Å². The molecule has 0 aliphatic rings. The van der Waals surface area contributed by atoms with Gasteiger partial charge in [0.2, 0.25) is 0 Å². The first-order valence-electron chi connectivity index (χ1n) is 5.56. The summed E-state index contributed by atoms with van der Waals surface area (Å²) >= 11 is 1.47. The van der Waals surface area contributed by atoms with E-state index in [4.69, 9.17) is 4.74 Å². The second kappa shape index (κ2) is 7.84. The van der Waals surface area contributed by atoms with Crippen LogP contribution in [-0.2, 0) is 14.3 Å². The molecule has 0 aliphatic heterocycles. The molecular weight excluding hydrogens is 254 g/mol. The first kappa shape index (κ1) is 14.7. The largest absolute Gasteiger partial charge is 0.469 e. The van der Waals surface area contributed by atoms with Crippen molar-refractivity contribution in [2.75, 3.05) is 33.9 Å². The van der Waals surface area contributed by atoms with Gasteiger partial charge in [-0.25, -0.2) is 0 Å². The Kier molecular flexibility index (Phi) is 6.38. The van der Waals surface area contributed by atoms with Crippen molar-refractivity contribution in [2.45, 2.75) is 6.42 Å². The van der Waals surface area contributed by atoms with Crippen LogP contribution in [-0.4, -0.2) is 50.7 Å². The summed E-state index contributed by atoms with van der Waals surface area (Å²) in [6, 6.07) is 1.77. The third kappa shape index (κ3) is 4.46. The zero-order chi connectivity index (χ0) is 13.4. The number of carbonyl (C=O) groups is 2. The lowest BCUT2D eigenvalue weighted by Crippen LogP contribution is -2.35. The van der Waals surface area contributed by atoms with Crippen LogP contribution in [0, 0.1) is 0 Å². The lowest BCUT2D eigenvalue weighted by Gasteiger charge is -2.21. The number of hydrogen-bond donors (Lipinski definition) is 0. The van der Waals surface area contributed by atoms with Crippen LogP contribution in [0.2, 0.25) is 0 Å². The van der Waals surface area contributed by atoms with Gasteiger partial charge in [-0.2, -0.15) is 11.3 Å². The Bertz CT molecular complexity index is 377. The van der Waals surface area contributed by atoms with Crippen LogP contribution in [0.4, 0.5) is 0 Å².